The van der Waals surface area contributed by atoms with Crippen molar-refractivity contribution < 1.29 is 14.3 Å². The van der Waals surface area contributed by atoms with Crippen LogP contribution >= 0.6 is 0 Å². The number of hydrogen-bond acceptors (Lipinski definition) is 4. The van der Waals surface area contributed by atoms with Gasteiger partial charge in [0.1, 0.15) is 0 Å². The van der Waals surface area contributed by atoms with Crippen LogP contribution in [0.5, 0.6) is 11.5 Å². The summed E-state index contributed by atoms with van der Waals surface area (Å²) < 4.78 is 11.1. The minimum atomic E-state index is -0.0544. The predicted octanol–water partition coefficient (Wildman–Crippen LogP) is 3.05. The van der Waals surface area contributed by atoms with E-state index in [0.717, 1.165) is 30.8 Å². The Balaban J connectivity index is 1.90. The Labute approximate surface area is 145 Å². The molecule has 1 aromatic rings. The summed E-state index contributed by atoms with van der Waals surface area (Å²) in [6.07, 6.45) is 2.81. The normalized spacial score (nSPS) is 18.5. The third-order valence-electron chi connectivity index (χ3n) is 4.37. The maximum absolute atomic E-state index is 12.2. The first-order valence-electron chi connectivity index (χ1n) is 8.84. The summed E-state index contributed by atoms with van der Waals surface area (Å²) in [5, 5.41) is 6.41. The minimum Gasteiger partial charge on any atom is -0.493 e. The summed E-state index contributed by atoms with van der Waals surface area (Å²) >= 11 is 0. The van der Waals surface area contributed by atoms with E-state index in [4.69, 9.17) is 9.47 Å². The van der Waals surface area contributed by atoms with Gasteiger partial charge in [0, 0.05) is 6.42 Å². The lowest BCUT2D eigenvalue weighted by atomic mass is 10.0. The molecule has 0 aliphatic carbocycles. The Kier molecular flexibility index (Phi) is 6.91. The highest BCUT2D eigenvalue weighted by molar-refractivity contribution is 5.76. The molecule has 0 saturated carbocycles. The van der Waals surface area contributed by atoms with Gasteiger partial charge >= 0.3 is 0 Å². The second-order valence-electron chi connectivity index (χ2n) is 6.76. The van der Waals surface area contributed by atoms with Gasteiger partial charge in [-0.2, -0.15) is 0 Å². The number of amides is 1. The predicted molar refractivity (Wildman–Crippen MR) is 95.5 cm³/mol. The Morgan fingerprint density at radius 1 is 1.33 bits per heavy atom. The van der Waals surface area contributed by atoms with E-state index in [1.54, 1.807) is 7.11 Å². The summed E-state index contributed by atoms with van der Waals surface area (Å²) in [4.78, 5) is 12.2. The molecule has 0 aromatic heterocycles. The molecule has 1 heterocycles. The molecule has 1 saturated heterocycles. The van der Waals surface area contributed by atoms with E-state index in [1.165, 1.54) is 6.42 Å². The first kappa shape index (κ1) is 18.6. The molecule has 5 heteroatoms. The molecule has 1 aliphatic rings. The zero-order valence-corrected chi connectivity index (χ0v) is 15.2. The summed E-state index contributed by atoms with van der Waals surface area (Å²) in [5.41, 5.74) is 1.01. The molecule has 24 heavy (non-hydrogen) atoms. The summed E-state index contributed by atoms with van der Waals surface area (Å²) in [6, 6.07) is 5.76. The second kappa shape index (κ2) is 8.92. The molecule has 1 amide bonds. The van der Waals surface area contributed by atoms with Crippen molar-refractivity contribution in [1.82, 2.24) is 10.6 Å². The van der Waals surface area contributed by atoms with Crippen LogP contribution < -0.4 is 20.1 Å². The molecule has 134 valence electrons. The van der Waals surface area contributed by atoms with Gasteiger partial charge in [0.2, 0.25) is 5.91 Å². The number of ether oxygens (including phenoxy) is 2. The third-order valence-corrected chi connectivity index (χ3v) is 4.37. The van der Waals surface area contributed by atoms with E-state index in [9.17, 15) is 4.79 Å². The Morgan fingerprint density at radius 3 is 2.75 bits per heavy atom. The molecule has 2 N–H and O–H groups in total. The van der Waals surface area contributed by atoms with Gasteiger partial charge in [-0.25, -0.2) is 0 Å². The highest BCUT2D eigenvalue weighted by Gasteiger charge is 2.17. The van der Waals surface area contributed by atoms with Crippen LogP contribution in [0.1, 0.15) is 51.6 Å². The summed E-state index contributed by atoms with van der Waals surface area (Å²) in [5.74, 6) is 2.16. The van der Waals surface area contributed by atoms with E-state index in [-0.39, 0.29) is 18.1 Å². The topological polar surface area (TPSA) is 59.6 Å². The molecular formula is C19H30N2O3. The van der Waals surface area contributed by atoms with Crippen LogP contribution in [-0.2, 0) is 4.79 Å². The first-order valence-corrected chi connectivity index (χ1v) is 8.84. The number of carbonyl (C=O) groups excluding carboxylic acids is 1. The SMILES string of the molecule is COc1cc(C(C)NC(=O)CCC2CCNC2)ccc1OC(C)C. The van der Waals surface area contributed by atoms with E-state index < -0.39 is 0 Å². The Bertz CT molecular complexity index is 539. The summed E-state index contributed by atoms with van der Waals surface area (Å²) in [6.45, 7) is 8.07. The van der Waals surface area contributed by atoms with Crippen LogP contribution in [0.15, 0.2) is 18.2 Å². The number of methoxy groups -OCH3 is 1. The lowest BCUT2D eigenvalue weighted by Gasteiger charge is -2.18. The largest absolute Gasteiger partial charge is 0.493 e. The van der Waals surface area contributed by atoms with Crippen molar-refractivity contribution in [2.45, 2.75) is 52.2 Å². The van der Waals surface area contributed by atoms with Gasteiger partial charge in [0.15, 0.2) is 11.5 Å². The fourth-order valence-corrected chi connectivity index (χ4v) is 3.00. The number of rotatable bonds is 8. The van der Waals surface area contributed by atoms with Gasteiger partial charge in [0.05, 0.1) is 19.3 Å². The van der Waals surface area contributed by atoms with Gasteiger partial charge in [-0.05, 0) is 70.3 Å². The number of hydrogen-bond donors (Lipinski definition) is 2. The molecule has 1 aromatic carbocycles. The molecule has 1 fully saturated rings. The molecule has 0 bridgehead atoms. The standard InChI is InChI=1S/C19H30N2O3/c1-13(2)24-17-7-6-16(11-18(17)23-4)14(3)21-19(22)8-5-15-9-10-20-12-15/h6-7,11,13-15,20H,5,8-10,12H2,1-4H3,(H,21,22). The highest BCUT2D eigenvalue weighted by Crippen LogP contribution is 2.31. The average molecular weight is 334 g/mol. The zero-order chi connectivity index (χ0) is 17.5. The Hall–Kier alpha value is -1.75. The number of carbonyl (C=O) groups is 1. The molecule has 5 nitrogen and oxygen atoms in total. The molecule has 1 aliphatic heterocycles. The zero-order valence-electron chi connectivity index (χ0n) is 15.2. The smallest absolute Gasteiger partial charge is 0.220 e. The van der Waals surface area contributed by atoms with Crippen molar-refractivity contribution in [3.63, 3.8) is 0 Å². The number of nitrogens with one attached hydrogen (secondary N) is 2. The minimum absolute atomic E-state index is 0.0544. The molecule has 0 radical (unpaired) electrons. The van der Waals surface area contributed by atoms with Crippen molar-refractivity contribution in [1.29, 1.82) is 0 Å². The second-order valence-corrected chi connectivity index (χ2v) is 6.76. The van der Waals surface area contributed by atoms with Crippen molar-refractivity contribution in [2.75, 3.05) is 20.2 Å². The molecule has 0 spiro atoms. The van der Waals surface area contributed by atoms with Crippen molar-refractivity contribution in [2.24, 2.45) is 5.92 Å². The molecule has 2 atom stereocenters. The van der Waals surface area contributed by atoms with Crippen molar-refractivity contribution in [3.8, 4) is 11.5 Å². The van der Waals surface area contributed by atoms with Crippen LogP contribution in [0, 0.1) is 5.92 Å². The summed E-state index contributed by atoms with van der Waals surface area (Å²) in [7, 11) is 1.63. The lowest BCUT2D eigenvalue weighted by molar-refractivity contribution is -0.122. The van der Waals surface area contributed by atoms with Crippen LogP contribution in [0.25, 0.3) is 0 Å². The van der Waals surface area contributed by atoms with Crippen molar-refractivity contribution >= 4 is 5.91 Å². The van der Waals surface area contributed by atoms with E-state index in [0.29, 0.717) is 18.1 Å². The van der Waals surface area contributed by atoms with Gasteiger partial charge < -0.3 is 20.1 Å². The van der Waals surface area contributed by atoms with Gasteiger partial charge in [-0.3, -0.25) is 4.79 Å². The maximum atomic E-state index is 12.2. The van der Waals surface area contributed by atoms with E-state index in [1.807, 2.05) is 39.0 Å². The van der Waals surface area contributed by atoms with Crippen LogP contribution in [0.3, 0.4) is 0 Å². The van der Waals surface area contributed by atoms with Crippen LogP contribution in [0.4, 0.5) is 0 Å². The fourth-order valence-electron chi connectivity index (χ4n) is 3.00. The molecule has 2 unspecified atom stereocenters. The van der Waals surface area contributed by atoms with Gasteiger partial charge in [0.25, 0.3) is 0 Å². The first-order chi connectivity index (χ1) is 11.5. The van der Waals surface area contributed by atoms with E-state index >= 15 is 0 Å². The molecular weight excluding hydrogens is 304 g/mol. The van der Waals surface area contributed by atoms with Crippen LogP contribution in [-0.4, -0.2) is 32.2 Å². The van der Waals surface area contributed by atoms with Gasteiger partial charge in [-0.1, -0.05) is 6.07 Å². The highest BCUT2D eigenvalue weighted by atomic mass is 16.5. The third kappa shape index (κ3) is 5.41. The quantitative estimate of drug-likeness (QED) is 0.767. The van der Waals surface area contributed by atoms with Crippen molar-refractivity contribution in [3.05, 3.63) is 23.8 Å². The monoisotopic (exact) mass is 334 g/mol. The fraction of sp³-hybridized carbons (Fsp3) is 0.632. The molecule has 2 rings (SSSR count). The van der Waals surface area contributed by atoms with Gasteiger partial charge in [-0.15, -0.1) is 0 Å². The number of benzene rings is 1. The van der Waals surface area contributed by atoms with E-state index in [2.05, 4.69) is 10.6 Å². The average Bonchev–Trinajstić information content (AvgIpc) is 3.06. The maximum Gasteiger partial charge on any atom is 0.220 e. The lowest BCUT2D eigenvalue weighted by Crippen LogP contribution is -2.27. The Morgan fingerprint density at radius 2 is 2.12 bits per heavy atom. The van der Waals surface area contributed by atoms with Crippen LogP contribution in [0.2, 0.25) is 0 Å².